The van der Waals surface area contributed by atoms with Crippen molar-refractivity contribution in [1.82, 2.24) is 5.32 Å². The number of ether oxygens (including phenoxy) is 1. The normalized spacial score (nSPS) is 24.3. The fraction of sp³-hybridized carbons (Fsp3) is 0.462. The summed E-state index contributed by atoms with van der Waals surface area (Å²) in [6, 6.07) is 7.11. The highest BCUT2D eigenvalue weighted by Gasteiger charge is 2.26. The quantitative estimate of drug-likeness (QED) is 0.761. The van der Waals surface area contributed by atoms with Crippen LogP contribution in [0, 0.1) is 0 Å². The Balaban J connectivity index is 1.97. The topological polar surface area (TPSA) is 58.6 Å². The monoisotopic (exact) mass is 235 g/mol. The SMILES string of the molecule is COC(=O)C1CCC(c2cccc(O)c2)CN1. The number of methoxy groups -OCH3 is 1. The number of benzene rings is 1. The molecule has 0 aliphatic carbocycles. The van der Waals surface area contributed by atoms with E-state index in [4.69, 9.17) is 4.74 Å². The van der Waals surface area contributed by atoms with Gasteiger partial charge in [-0.1, -0.05) is 12.1 Å². The molecule has 4 nitrogen and oxygen atoms in total. The lowest BCUT2D eigenvalue weighted by Gasteiger charge is -2.28. The predicted molar refractivity (Wildman–Crippen MR) is 63.9 cm³/mol. The van der Waals surface area contributed by atoms with Gasteiger partial charge in [0.2, 0.25) is 0 Å². The molecule has 0 saturated carbocycles. The van der Waals surface area contributed by atoms with Crippen LogP contribution >= 0.6 is 0 Å². The number of esters is 1. The largest absolute Gasteiger partial charge is 0.508 e. The first kappa shape index (κ1) is 11.9. The third kappa shape index (κ3) is 2.77. The van der Waals surface area contributed by atoms with Crippen molar-refractivity contribution in [1.29, 1.82) is 0 Å². The van der Waals surface area contributed by atoms with E-state index >= 15 is 0 Å². The van der Waals surface area contributed by atoms with Crippen LogP contribution in [0.5, 0.6) is 5.75 Å². The van der Waals surface area contributed by atoms with Gasteiger partial charge in [0.25, 0.3) is 0 Å². The molecule has 1 aliphatic rings. The van der Waals surface area contributed by atoms with Gasteiger partial charge < -0.3 is 15.2 Å². The summed E-state index contributed by atoms with van der Waals surface area (Å²) in [5.41, 5.74) is 1.11. The molecule has 2 unspecified atom stereocenters. The molecule has 1 aromatic carbocycles. The lowest BCUT2D eigenvalue weighted by atomic mass is 9.88. The first-order valence-corrected chi connectivity index (χ1v) is 5.81. The molecule has 2 atom stereocenters. The average Bonchev–Trinajstić information content (AvgIpc) is 2.38. The molecule has 1 aromatic rings. The number of nitrogens with one attached hydrogen (secondary N) is 1. The molecule has 4 heteroatoms. The van der Waals surface area contributed by atoms with E-state index in [1.165, 1.54) is 7.11 Å². The highest BCUT2D eigenvalue weighted by molar-refractivity contribution is 5.75. The maximum atomic E-state index is 11.3. The lowest BCUT2D eigenvalue weighted by Crippen LogP contribution is -2.43. The van der Waals surface area contributed by atoms with Gasteiger partial charge in [-0.2, -0.15) is 0 Å². The van der Waals surface area contributed by atoms with E-state index in [0.29, 0.717) is 5.92 Å². The Morgan fingerprint density at radius 3 is 2.88 bits per heavy atom. The number of carbonyl (C=O) groups excluding carboxylic acids is 1. The van der Waals surface area contributed by atoms with Crippen molar-refractivity contribution in [3.63, 3.8) is 0 Å². The number of hydrogen-bond acceptors (Lipinski definition) is 4. The summed E-state index contributed by atoms with van der Waals surface area (Å²) >= 11 is 0. The first-order valence-electron chi connectivity index (χ1n) is 5.81. The Morgan fingerprint density at radius 2 is 2.29 bits per heavy atom. The van der Waals surface area contributed by atoms with E-state index in [1.807, 2.05) is 12.1 Å². The molecule has 92 valence electrons. The van der Waals surface area contributed by atoms with Crippen LogP contribution in [0.25, 0.3) is 0 Å². The summed E-state index contributed by atoms with van der Waals surface area (Å²) in [5, 5.41) is 12.6. The maximum absolute atomic E-state index is 11.3. The van der Waals surface area contributed by atoms with E-state index < -0.39 is 0 Å². The van der Waals surface area contributed by atoms with E-state index in [2.05, 4.69) is 5.32 Å². The van der Waals surface area contributed by atoms with Gasteiger partial charge in [0.1, 0.15) is 11.8 Å². The molecular weight excluding hydrogens is 218 g/mol. The van der Waals surface area contributed by atoms with Crippen molar-refractivity contribution >= 4 is 5.97 Å². The van der Waals surface area contributed by atoms with Crippen LogP contribution in [-0.2, 0) is 9.53 Å². The summed E-state index contributed by atoms with van der Waals surface area (Å²) in [5.74, 6) is 0.444. The molecule has 0 spiro atoms. The van der Waals surface area contributed by atoms with Crippen molar-refractivity contribution in [2.75, 3.05) is 13.7 Å². The maximum Gasteiger partial charge on any atom is 0.322 e. The molecule has 1 aliphatic heterocycles. The van der Waals surface area contributed by atoms with Crippen molar-refractivity contribution < 1.29 is 14.6 Å². The fourth-order valence-electron chi connectivity index (χ4n) is 2.26. The summed E-state index contributed by atoms with van der Waals surface area (Å²) < 4.78 is 4.71. The van der Waals surface area contributed by atoms with E-state index in [-0.39, 0.29) is 17.8 Å². The highest BCUT2D eigenvalue weighted by Crippen LogP contribution is 2.27. The minimum atomic E-state index is -0.195. The minimum absolute atomic E-state index is 0.187. The smallest absolute Gasteiger partial charge is 0.322 e. The minimum Gasteiger partial charge on any atom is -0.508 e. The van der Waals surface area contributed by atoms with Crippen LogP contribution in [0.2, 0.25) is 0 Å². The Bertz CT molecular complexity index is 397. The molecule has 1 saturated heterocycles. The average molecular weight is 235 g/mol. The van der Waals surface area contributed by atoms with Crippen molar-refractivity contribution in [3.8, 4) is 5.75 Å². The summed E-state index contributed by atoms with van der Waals surface area (Å²) in [4.78, 5) is 11.3. The van der Waals surface area contributed by atoms with Crippen molar-refractivity contribution in [3.05, 3.63) is 29.8 Å². The van der Waals surface area contributed by atoms with Gasteiger partial charge in [-0.15, -0.1) is 0 Å². The van der Waals surface area contributed by atoms with E-state index in [1.54, 1.807) is 12.1 Å². The van der Waals surface area contributed by atoms with Crippen molar-refractivity contribution in [2.45, 2.75) is 24.8 Å². The van der Waals surface area contributed by atoms with Crippen LogP contribution in [0.4, 0.5) is 0 Å². The third-order valence-electron chi connectivity index (χ3n) is 3.24. The van der Waals surface area contributed by atoms with Gasteiger partial charge >= 0.3 is 5.97 Å². The Hall–Kier alpha value is -1.55. The predicted octanol–water partition coefficient (Wildman–Crippen LogP) is 1.40. The second kappa shape index (κ2) is 5.19. The zero-order valence-corrected chi connectivity index (χ0v) is 9.85. The zero-order valence-electron chi connectivity index (χ0n) is 9.85. The summed E-state index contributed by atoms with van der Waals surface area (Å²) in [6.45, 7) is 0.739. The number of aromatic hydroxyl groups is 1. The molecule has 0 amide bonds. The summed E-state index contributed by atoms with van der Waals surface area (Å²) in [7, 11) is 1.41. The molecule has 0 aromatic heterocycles. The molecule has 0 radical (unpaired) electrons. The van der Waals surface area contributed by atoms with Gasteiger partial charge in [-0.3, -0.25) is 4.79 Å². The van der Waals surface area contributed by atoms with Crippen LogP contribution in [0.15, 0.2) is 24.3 Å². The number of phenolic OH excluding ortho intramolecular Hbond substituents is 1. The Labute approximate surface area is 101 Å². The molecule has 0 bridgehead atoms. The number of piperidine rings is 1. The number of rotatable bonds is 2. The van der Waals surface area contributed by atoms with Crippen LogP contribution in [-0.4, -0.2) is 30.8 Å². The van der Waals surface area contributed by atoms with E-state index in [0.717, 1.165) is 24.9 Å². The second-order valence-corrected chi connectivity index (χ2v) is 4.35. The van der Waals surface area contributed by atoms with Crippen LogP contribution in [0.1, 0.15) is 24.3 Å². The van der Waals surface area contributed by atoms with Gasteiger partial charge in [0.05, 0.1) is 7.11 Å². The van der Waals surface area contributed by atoms with Crippen molar-refractivity contribution in [2.24, 2.45) is 0 Å². The number of phenols is 1. The highest BCUT2D eigenvalue weighted by atomic mass is 16.5. The molecule has 1 heterocycles. The van der Waals surface area contributed by atoms with Gasteiger partial charge in [-0.05, 0) is 36.5 Å². The summed E-state index contributed by atoms with van der Waals surface area (Å²) in [6.07, 6.45) is 1.70. The molecule has 17 heavy (non-hydrogen) atoms. The standard InChI is InChI=1S/C13H17NO3/c1-17-13(16)12-6-5-10(8-14-12)9-3-2-4-11(15)7-9/h2-4,7,10,12,14-15H,5-6,8H2,1H3. The van der Waals surface area contributed by atoms with Crippen LogP contribution in [0.3, 0.4) is 0 Å². The fourth-order valence-corrected chi connectivity index (χ4v) is 2.26. The molecular formula is C13H17NO3. The number of hydrogen-bond donors (Lipinski definition) is 2. The third-order valence-corrected chi connectivity index (χ3v) is 3.24. The second-order valence-electron chi connectivity index (χ2n) is 4.35. The molecule has 1 fully saturated rings. The number of carbonyl (C=O) groups is 1. The Morgan fingerprint density at radius 1 is 1.47 bits per heavy atom. The van der Waals surface area contributed by atoms with Gasteiger partial charge in [0.15, 0.2) is 0 Å². The van der Waals surface area contributed by atoms with Gasteiger partial charge in [0, 0.05) is 6.54 Å². The lowest BCUT2D eigenvalue weighted by molar-refractivity contribution is -0.143. The first-order chi connectivity index (χ1) is 8.20. The Kier molecular flexibility index (Phi) is 3.64. The molecule has 2 N–H and O–H groups in total. The van der Waals surface area contributed by atoms with E-state index in [9.17, 15) is 9.90 Å². The zero-order chi connectivity index (χ0) is 12.3. The van der Waals surface area contributed by atoms with Crippen LogP contribution < -0.4 is 5.32 Å². The molecule has 2 rings (SSSR count). The van der Waals surface area contributed by atoms with Gasteiger partial charge in [-0.25, -0.2) is 0 Å².